The molecule has 0 aromatic carbocycles. The Morgan fingerprint density at radius 3 is 2.46 bits per heavy atom. The molecule has 78 valence electrons. The molecule has 0 amide bonds. The van der Waals surface area contributed by atoms with Crippen LogP contribution in [0.2, 0.25) is 0 Å². The zero-order valence-electron chi connectivity index (χ0n) is 9.22. The van der Waals surface area contributed by atoms with Gasteiger partial charge in [-0.1, -0.05) is 24.9 Å². The Morgan fingerprint density at radius 1 is 1.38 bits per heavy atom. The number of nitrogens with one attached hydrogen (secondary N) is 1. The third kappa shape index (κ3) is 4.88. The van der Waals surface area contributed by atoms with E-state index >= 15 is 0 Å². The van der Waals surface area contributed by atoms with Crippen molar-refractivity contribution in [2.75, 3.05) is 6.54 Å². The molecule has 0 heterocycles. The molecule has 0 saturated heterocycles. The van der Waals surface area contributed by atoms with E-state index in [4.69, 9.17) is 5.21 Å². The van der Waals surface area contributed by atoms with Crippen LogP contribution in [0.3, 0.4) is 0 Å². The van der Waals surface area contributed by atoms with Gasteiger partial charge in [-0.3, -0.25) is 0 Å². The van der Waals surface area contributed by atoms with Crippen molar-refractivity contribution in [2.45, 2.75) is 52.5 Å². The van der Waals surface area contributed by atoms with Crippen LogP contribution in [0.4, 0.5) is 0 Å². The molecule has 3 heteroatoms. The van der Waals surface area contributed by atoms with Crippen molar-refractivity contribution >= 4 is 5.71 Å². The van der Waals surface area contributed by atoms with Crippen LogP contribution in [0.1, 0.15) is 47.0 Å². The Kier molecular flexibility index (Phi) is 5.71. The zero-order valence-corrected chi connectivity index (χ0v) is 9.22. The summed E-state index contributed by atoms with van der Waals surface area (Å²) in [6.07, 6.45) is 3.66. The highest BCUT2D eigenvalue weighted by Gasteiger charge is 2.20. The number of hydrogen-bond acceptors (Lipinski definition) is 3. The molecule has 0 spiro atoms. The fourth-order valence-corrected chi connectivity index (χ4v) is 1.03. The molecule has 0 radical (unpaired) electrons. The van der Waals surface area contributed by atoms with Crippen molar-refractivity contribution in [3.05, 3.63) is 0 Å². The van der Waals surface area contributed by atoms with E-state index in [2.05, 4.69) is 17.4 Å². The smallest absolute Gasteiger partial charge is 0.0734 e. The van der Waals surface area contributed by atoms with Gasteiger partial charge in [0.15, 0.2) is 0 Å². The SMILES string of the molecule is CCCCCNC(C)(C)C(C)=NO. The molecule has 0 aromatic heterocycles. The summed E-state index contributed by atoms with van der Waals surface area (Å²) in [6.45, 7) is 9.04. The van der Waals surface area contributed by atoms with E-state index in [0.29, 0.717) is 0 Å². The van der Waals surface area contributed by atoms with E-state index in [9.17, 15) is 0 Å². The highest BCUT2D eigenvalue weighted by Crippen LogP contribution is 2.05. The van der Waals surface area contributed by atoms with E-state index in [0.717, 1.165) is 12.3 Å². The Hall–Kier alpha value is -0.570. The molecule has 0 bridgehead atoms. The van der Waals surface area contributed by atoms with Crippen LogP contribution in [0.25, 0.3) is 0 Å². The van der Waals surface area contributed by atoms with Crippen molar-refractivity contribution in [1.29, 1.82) is 0 Å². The largest absolute Gasteiger partial charge is 0.411 e. The van der Waals surface area contributed by atoms with Crippen molar-refractivity contribution in [1.82, 2.24) is 5.32 Å². The molecule has 3 nitrogen and oxygen atoms in total. The van der Waals surface area contributed by atoms with E-state index in [1.54, 1.807) is 0 Å². The molecule has 0 aliphatic heterocycles. The van der Waals surface area contributed by atoms with Crippen molar-refractivity contribution in [3.8, 4) is 0 Å². The van der Waals surface area contributed by atoms with Gasteiger partial charge in [0.2, 0.25) is 0 Å². The maximum absolute atomic E-state index is 8.62. The minimum absolute atomic E-state index is 0.192. The number of oxime groups is 1. The number of rotatable bonds is 6. The Balaban J connectivity index is 3.76. The van der Waals surface area contributed by atoms with Gasteiger partial charge in [0.05, 0.1) is 11.3 Å². The predicted molar refractivity (Wildman–Crippen MR) is 56.5 cm³/mol. The zero-order chi connectivity index (χ0) is 10.3. The van der Waals surface area contributed by atoms with Gasteiger partial charge in [-0.15, -0.1) is 0 Å². The summed E-state index contributed by atoms with van der Waals surface area (Å²) in [5.41, 5.74) is 0.534. The Morgan fingerprint density at radius 2 is 2.00 bits per heavy atom. The first-order valence-electron chi connectivity index (χ1n) is 4.98. The standard InChI is InChI=1S/C10H22N2O/c1-5-6-7-8-11-10(3,4)9(2)12-13/h11,13H,5-8H2,1-4H3. The number of nitrogens with zero attached hydrogens (tertiary/aromatic N) is 1. The first kappa shape index (κ1) is 12.4. The summed E-state index contributed by atoms with van der Waals surface area (Å²) in [7, 11) is 0. The summed E-state index contributed by atoms with van der Waals surface area (Å²) in [5, 5.41) is 15.2. The molecular weight excluding hydrogens is 164 g/mol. The first-order chi connectivity index (χ1) is 6.04. The van der Waals surface area contributed by atoms with Gasteiger partial charge in [0, 0.05) is 0 Å². The van der Waals surface area contributed by atoms with Crippen molar-refractivity contribution < 1.29 is 5.21 Å². The number of unbranched alkanes of at least 4 members (excludes halogenated alkanes) is 2. The van der Waals surface area contributed by atoms with Crippen LogP contribution < -0.4 is 5.32 Å². The molecule has 0 aliphatic rings. The molecule has 0 aliphatic carbocycles. The number of hydrogen-bond donors (Lipinski definition) is 2. The average Bonchev–Trinajstić information content (AvgIpc) is 2.11. The van der Waals surface area contributed by atoms with E-state index in [1.807, 2.05) is 20.8 Å². The third-order valence-electron chi connectivity index (χ3n) is 2.40. The van der Waals surface area contributed by atoms with Gasteiger partial charge < -0.3 is 10.5 Å². The lowest BCUT2D eigenvalue weighted by molar-refractivity contribution is 0.310. The maximum Gasteiger partial charge on any atom is 0.0734 e. The van der Waals surface area contributed by atoms with Gasteiger partial charge >= 0.3 is 0 Å². The average molecular weight is 186 g/mol. The molecule has 13 heavy (non-hydrogen) atoms. The fourth-order valence-electron chi connectivity index (χ4n) is 1.03. The first-order valence-corrected chi connectivity index (χ1v) is 4.98. The summed E-state index contributed by atoms with van der Waals surface area (Å²) >= 11 is 0. The van der Waals surface area contributed by atoms with Gasteiger partial charge in [0.25, 0.3) is 0 Å². The monoisotopic (exact) mass is 186 g/mol. The van der Waals surface area contributed by atoms with Gasteiger partial charge in [-0.05, 0) is 33.7 Å². The summed E-state index contributed by atoms with van der Waals surface area (Å²) in [4.78, 5) is 0. The molecule has 2 N–H and O–H groups in total. The normalized spacial score (nSPS) is 13.4. The van der Waals surface area contributed by atoms with Crippen LogP contribution in [0.5, 0.6) is 0 Å². The molecule has 0 atom stereocenters. The Bertz CT molecular complexity index is 164. The van der Waals surface area contributed by atoms with E-state index in [1.165, 1.54) is 19.3 Å². The van der Waals surface area contributed by atoms with Crippen LogP contribution in [-0.4, -0.2) is 23.0 Å². The van der Waals surface area contributed by atoms with E-state index < -0.39 is 0 Å². The molecule has 0 saturated carbocycles. The minimum atomic E-state index is -0.192. The highest BCUT2D eigenvalue weighted by atomic mass is 16.4. The second-order valence-electron chi connectivity index (χ2n) is 3.94. The lowest BCUT2D eigenvalue weighted by atomic mass is 9.99. The lowest BCUT2D eigenvalue weighted by Crippen LogP contribution is -2.46. The third-order valence-corrected chi connectivity index (χ3v) is 2.40. The second-order valence-corrected chi connectivity index (χ2v) is 3.94. The maximum atomic E-state index is 8.62. The molecular formula is C10H22N2O. The topological polar surface area (TPSA) is 44.6 Å². The quantitative estimate of drug-likeness (QED) is 0.289. The van der Waals surface area contributed by atoms with Crippen molar-refractivity contribution in [2.24, 2.45) is 5.16 Å². The highest BCUT2D eigenvalue weighted by molar-refractivity contribution is 5.90. The Labute approximate surface area is 81.2 Å². The van der Waals surface area contributed by atoms with Gasteiger partial charge in [-0.2, -0.15) is 0 Å². The van der Waals surface area contributed by atoms with E-state index in [-0.39, 0.29) is 5.54 Å². The van der Waals surface area contributed by atoms with Crippen LogP contribution in [0.15, 0.2) is 5.16 Å². The van der Waals surface area contributed by atoms with Crippen LogP contribution >= 0.6 is 0 Å². The van der Waals surface area contributed by atoms with Gasteiger partial charge in [-0.25, -0.2) is 0 Å². The summed E-state index contributed by atoms with van der Waals surface area (Å²) in [5.74, 6) is 0. The summed E-state index contributed by atoms with van der Waals surface area (Å²) < 4.78 is 0. The van der Waals surface area contributed by atoms with Crippen LogP contribution in [-0.2, 0) is 0 Å². The van der Waals surface area contributed by atoms with Crippen molar-refractivity contribution in [3.63, 3.8) is 0 Å². The fraction of sp³-hybridized carbons (Fsp3) is 0.900. The van der Waals surface area contributed by atoms with Gasteiger partial charge in [0.1, 0.15) is 0 Å². The lowest BCUT2D eigenvalue weighted by Gasteiger charge is -2.25. The molecule has 0 rings (SSSR count). The predicted octanol–water partition coefficient (Wildman–Crippen LogP) is 2.39. The molecule has 0 unspecified atom stereocenters. The minimum Gasteiger partial charge on any atom is -0.411 e. The van der Waals surface area contributed by atoms with Crippen LogP contribution in [0, 0.1) is 0 Å². The molecule has 0 fully saturated rings. The molecule has 0 aromatic rings. The summed E-state index contributed by atoms with van der Waals surface area (Å²) in [6, 6.07) is 0. The second kappa shape index (κ2) is 5.97.